The largest absolute Gasteiger partial charge is 0.477 e. The molecule has 42 heavy (non-hydrogen) atoms. The SMILES string of the molecule is O=CNc1nc(C(=NOCC(F)(F)F)C(=O)NC2C(=O)N3C(C(=O)O)=C(Cl)C(Cc4ccc([N+](=O)[O-])cc4)S[C@H]23)cs1. The van der Waals surface area contributed by atoms with Crippen LogP contribution < -0.4 is 10.6 Å². The second-order valence-electron chi connectivity index (χ2n) is 8.43. The number of fused-ring (bicyclic) bond motifs is 1. The van der Waals surface area contributed by atoms with Crippen molar-refractivity contribution in [2.75, 3.05) is 11.9 Å². The number of β-lactam (4-membered cyclic amide) rings is 1. The van der Waals surface area contributed by atoms with E-state index in [2.05, 4.69) is 25.6 Å². The lowest BCUT2D eigenvalue weighted by molar-refractivity contribution is -0.384. The van der Waals surface area contributed by atoms with Crippen molar-refractivity contribution in [1.29, 1.82) is 0 Å². The molecule has 2 unspecified atom stereocenters. The normalized spacial score (nSPS) is 20.4. The first-order chi connectivity index (χ1) is 19.8. The molecule has 3 amide bonds. The van der Waals surface area contributed by atoms with Gasteiger partial charge in [-0.15, -0.1) is 23.1 Å². The summed E-state index contributed by atoms with van der Waals surface area (Å²) in [5.41, 5.74) is -1.12. The molecule has 1 aromatic carbocycles. The molecule has 222 valence electrons. The number of oxime groups is 1. The van der Waals surface area contributed by atoms with Crippen molar-refractivity contribution in [3.05, 3.63) is 61.7 Å². The zero-order valence-electron chi connectivity index (χ0n) is 20.5. The second-order valence-corrected chi connectivity index (χ2v) is 11.0. The van der Waals surface area contributed by atoms with Crippen molar-refractivity contribution in [2.45, 2.75) is 29.3 Å². The van der Waals surface area contributed by atoms with Gasteiger partial charge in [0.05, 0.1) is 9.96 Å². The summed E-state index contributed by atoms with van der Waals surface area (Å²) >= 11 is 8.22. The topological polar surface area (TPSA) is 193 Å². The van der Waals surface area contributed by atoms with Crippen LogP contribution in [-0.2, 0) is 30.4 Å². The monoisotopic (exact) mass is 648 g/mol. The molecular formula is C22H16ClF3N6O8S2. The predicted molar refractivity (Wildman–Crippen MR) is 142 cm³/mol. The van der Waals surface area contributed by atoms with Crippen LogP contribution in [0.4, 0.5) is 24.0 Å². The summed E-state index contributed by atoms with van der Waals surface area (Å²) in [7, 11) is 0. The van der Waals surface area contributed by atoms with E-state index >= 15 is 0 Å². The maximum atomic E-state index is 13.1. The molecule has 1 fully saturated rings. The predicted octanol–water partition coefficient (Wildman–Crippen LogP) is 2.45. The minimum atomic E-state index is -4.78. The molecular weight excluding hydrogens is 633 g/mol. The maximum Gasteiger partial charge on any atom is 0.425 e. The summed E-state index contributed by atoms with van der Waals surface area (Å²) in [6, 6.07) is 4.10. The van der Waals surface area contributed by atoms with Crippen molar-refractivity contribution in [2.24, 2.45) is 5.16 Å². The summed E-state index contributed by atoms with van der Waals surface area (Å²) in [5, 5.41) is 27.8. The van der Waals surface area contributed by atoms with Crippen molar-refractivity contribution in [3.63, 3.8) is 0 Å². The third-order valence-corrected chi connectivity index (χ3v) is 8.52. The molecule has 0 spiro atoms. The maximum absolute atomic E-state index is 13.1. The van der Waals surface area contributed by atoms with Crippen LogP contribution in [0, 0.1) is 10.1 Å². The number of nitro groups is 1. The number of nitrogens with one attached hydrogen (secondary N) is 2. The van der Waals surface area contributed by atoms with Gasteiger partial charge >= 0.3 is 12.1 Å². The number of hydrogen-bond donors (Lipinski definition) is 3. The molecule has 0 saturated carbocycles. The van der Waals surface area contributed by atoms with Crippen molar-refractivity contribution < 1.29 is 47.2 Å². The molecule has 0 bridgehead atoms. The number of anilines is 1. The number of carboxylic acid groups (broad SMARTS) is 1. The molecule has 0 radical (unpaired) electrons. The van der Waals surface area contributed by atoms with Crippen molar-refractivity contribution >= 4 is 75.4 Å². The van der Waals surface area contributed by atoms with Gasteiger partial charge in [-0.2, -0.15) is 13.2 Å². The molecule has 3 heterocycles. The van der Waals surface area contributed by atoms with Crippen LogP contribution in [0.3, 0.4) is 0 Å². The molecule has 0 aliphatic carbocycles. The molecule has 3 N–H and O–H groups in total. The number of carbonyl (C=O) groups is 4. The van der Waals surface area contributed by atoms with E-state index in [1.54, 1.807) is 0 Å². The van der Waals surface area contributed by atoms with E-state index in [0.717, 1.165) is 28.0 Å². The van der Waals surface area contributed by atoms with E-state index < -0.39 is 63.6 Å². The Morgan fingerprint density at radius 3 is 2.60 bits per heavy atom. The Morgan fingerprint density at radius 1 is 1.31 bits per heavy atom. The summed E-state index contributed by atoms with van der Waals surface area (Å²) < 4.78 is 37.8. The lowest BCUT2D eigenvalue weighted by Crippen LogP contribution is -2.71. The average molecular weight is 649 g/mol. The highest BCUT2D eigenvalue weighted by Gasteiger charge is 2.56. The highest BCUT2D eigenvalue weighted by molar-refractivity contribution is 8.01. The number of thioether (sulfide) groups is 1. The third kappa shape index (κ3) is 6.63. The highest BCUT2D eigenvalue weighted by atomic mass is 35.5. The number of nitrogens with zero attached hydrogens (tertiary/aromatic N) is 4. The number of amides is 3. The Hall–Kier alpha value is -4.23. The van der Waals surface area contributed by atoms with Crippen molar-refractivity contribution in [1.82, 2.24) is 15.2 Å². The van der Waals surface area contributed by atoms with Gasteiger partial charge < -0.3 is 20.6 Å². The van der Waals surface area contributed by atoms with Crippen LogP contribution in [0.1, 0.15) is 11.3 Å². The van der Waals surface area contributed by atoms with Crippen LogP contribution in [0.25, 0.3) is 0 Å². The first kappa shape index (κ1) is 30.7. The number of non-ortho nitro benzene ring substituents is 1. The number of carboxylic acids is 1. The molecule has 14 nitrogen and oxygen atoms in total. The Morgan fingerprint density at radius 2 is 2.00 bits per heavy atom. The first-order valence-electron chi connectivity index (χ1n) is 11.4. The third-order valence-electron chi connectivity index (χ3n) is 5.68. The van der Waals surface area contributed by atoms with E-state index in [9.17, 15) is 47.6 Å². The van der Waals surface area contributed by atoms with E-state index in [4.69, 9.17) is 11.6 Å². The van der Waals surface area contributed by atoms with Gasteiger partial charge in [-0.1, -0.05) is 28.9 Å². The Kier molecular flexibility index (Phi) is 9.02. The molecule has 1 saturated heterocycles. The summed E-state index contributed by atoms with van der Waals surface area (Å²) in [5.74, 6) is -3.54. The molecule has 3 atom stereocenters. The lowest BCUT2D eigenvalue weighted by Gasteiger charge is -2.50. The van der Waals surface area contributed by atoms with E-state index in [0.29, 0.717) is 5.56 Å². The number of carbonyl (C=O) groups excluding carboxylic acids is 3. The minimum Gasteiger partial charge on any atom is -0.477 e. The standard InChI is InChI=1S/C22H16ClF3N6O8S2/c23-13-12(5-9-1-3-10(4-2-9)32(38)39)42-19-15(18(35)31(19)16(13)20(36)37)29-17(34)14(30-40-7-22(24,25)26)11-6-41-21(28-11)27-8-33/h1-4,6,8,12,15,19H,5,7H2,(H,29,34)(H,36,37)(H,27,28,33)/t12?,15?,19-/m1/s1. The van der Waals surface area contributed by atoms with Gasteiger partial charge in [-0.3, -0.25) is 29.4 Å². The van der Waals surface area contributed by atoms with Crippen molar-refractivity contribution in [3.8, 4) is 0 Å². The fraction of sp³-hybridized carbons (Fsp3) is 0.273. The molecule has 4 rings (SSSR count). The van der Waals surface area contributed by atoms with Crippen LogP contribution in [0.15, 0.2) is 45.5 Å². The number of nitro benzene ring substituents is 1. The van der Waals surface area contributed by atoms with Gasteiger partial charge in [0, 0.05) is 22.8 Å². The fourth-order valence-corrected chi connectivity index (χ4v) is 6.45. The van der Waals surface area contributed by atoms with Crippen LogP contribution in [0.2, 0.25) is 0 Å². The minimum absolute atomic E-state index is 0.00924. The van der Waals surface area contributed by atoms with Crippen LogP contribution >= 0.6 is 34.7 Å². The molecule has 2 aromatic rings. The average Bonchev–Trinajstić information content (AvgIpc) is 3.38. The summed E-state index contributed by atoms with van der Waals surface area (Å²) in [4.78, 5) is 68.1. The number of halogens is 4. The molecule has 2 aliphatic rings. The number of benzene rings is 1. The number of rotatable bonds is 11. The van der Waals surface area contributed by atoms with Gasteiger partial charge in [0.25, 0.3) is 17.5 Å². The van der Waals surface area contributed by atoms with Gasteiger partial charge in [0.15, 0.2) is 10.8 Å². The summed E-state index contributed by atoms with van der Waals surface area (Å²) in [6.07, 6.45) is -4.38. The zero-order valence-corrected chi connectivity index (χ0v) is 22.9. The molecule has 2 aliphatic heterocycles. The van der Waals surface area contributed by atoms with Crippen LogP contribution in [-0.4, -0.2) is 79.3 Å². The Balaban J connectivity index is 1.57. The highest BCUT2D eigenvalue weighted by Crippen LogP contribution is 2.46. The smallest absolute Gasteiger partial charge is 0.425 e. The lowest BCUT2D eigenvalue weighted by atomic mass is 10.0. The van der Waals surface area contributed by atoms with Gasteiger partial charge in [0.2, 0.25) is 13.0 Å². The Labute approximate surface area is 245 Å². The van der Waals surface area contributed by atoms with E-state index in [-0.39, 0.29) is 34.4 Å². The quantitative estimate of drug-likeness (QED) is 0.107. The number of aliphatic carboxylic acids is 1. The number of thiazole rings is 1. The number of alkyl halides is 3. The molecule has 20 heteroatoms. The number of aromatic nitrogens is 1. The van der Waals surface area contributed by atoms with Gasteiger partial charge in [-0.05, 0) is 12.0 Å². The van der Waals surface area contributed by atoms with Gasteiger partial charge in [0.1, 0.15) is 22.8 Å². The molecule has 1 aromatic heterocycles. The van der Waals surface area contributed by atoms with Crippen LogP contribution in [0.5, 0.6) is 0 Å². The number of hydrogen-bond acceptors (Lipinski definition) is 11. The van der Waals surface area contributed by atoms with Gasteiger partial charge in [-0.25, -0.2) is 9.78 Å². The summed E-state index contributed by atoms with van der Waals surface area (Å²) in [6.45, 7) is -1.84. The second kappa shape index (κ2) is 12.3. The zero-order chi connectivity index (χ0) is 30.8. The first-order valence-corrected chi connectivity index (χ1v) is 13.6. The Bertz CT molecular complexity index is 1500. The van der Waals surface area contributed by atoms with E-state index in [1.807, 2.05) is 0 Å². The van der Waals surface area contributed by atoms with E-state index in [1.165, 1.54) is 29.6 Å². The fourth-order valence-electron chi connectivity index (χ4n) is 3.86.